The number of hydrogen-bond acceptors (Lipinski definition) is 2. The van der Waals surface area contributed by atoms with E-state index in [2.05, 4.69) is 34.7 Å². The highest BCUT2D eigenvalue weighted by Crippen LogP contribution is 2.27. The SMILES string of the molecule is CCc1ccccc1-n1c(CCl)nc2cc(OC)ccc21. The third kappa shape index (κ3) is 2.38. The molecule has 108 valence electrons. The lowest BCUT2D eigenvalue weighted by atomic mass is 10.1. The van der Waals surface area contributed by atoms with Crippen LogP contribution in [0.2, 0.25) is 0 Å². The average molecular weight is 301 g/mol. The number of fused-ring (bicyclic) bond motifs is 1. The minimum atomic E-state index is 0.370. The van der Waals surface area contributed by atoms with Gasteiger partial charge in [0, 0.05) is 6.07 Å². The molecule has 0 aliphatic rings. The fourth-order valence-corrected chi connectivity index (χ4v) is 2.80. The fourth-order valence-electron chi connectivity index (χ4n) is 2.62. The molecule has 0 spiro atoms. The van der Waals surface area contributed by atoms with Crippen molar-refractivity contribution in [1.82, 2.24) is 9.55 Å². The minimum absolute atomic E-state index is 0.370. The van der Waals surface area contributed by atoms with E-state index in [1.54, 1.807) is 7.11 Å². The van der Waals surface area contributed by atoms with E-state index in [0.29, 0.717) is 5.88 Å². The van der Waals surface area contributed by atoms with Gasteiger partial charge in [-0.05, 0) is 30.2 Å². The Morgan fingerprint density at radius 3 is 2.71 bits per heavy atom. The highest BCUT2D eigenvalue weighted by molar-refractivity contribution is 6.17. The quantitative estimate of drug-likeness (QED) is 0.670. The van der Waals surface area contributed by atoms with Crippen molar-refractivity contribution in [3.63, 3.8) is 0 Å². The van der Waals surface area contributed by atoms with Gasteiger partial charge in [-0.3, -0.25) is 4.57 Å². The number of alkyl halides is 1. The second kappa shape index (κ2) is 5.78. The Morgan fingerprint density at radius 1 is 1.19 bits per heavy atom. The summed E-state index contributed by atoms with van der Waals surface area (Å²) < 4.78 is 7.41. The summed E-state index contributed by atoms with van der Waals surface area (Å²) in [6.07, 6.45) is 0.966. The van der Waals surface area contributed by atoms with Gasteiger partial charge in [0.05, 0.1) is 29.7 Å². The number of nitrogens with zero attached hydrogens (tertiary/aromatic N) is 2. The van der Waals surface area contributed by atoms with Gasteiger partial charge in [0.2, 0.25) is 0 Å². The summed E-state index contributed by atoms with van der Waals surface area (Å²) in [6, 6.07) is 14.3. The highest BCUT2D eigenvalue weighted by Gasteiger charge is 2.14. The van der Waals surface area contributed by atoms with Crippen molar-refractivity contribution in [2.24, 2.45) is 0 Å². The summed E-state index contributed by atoms with van der Waals surface area (Å²) in [5, 5.41) is 0. The van der Waals surface area contributed by atoms with E-state index in [1.807, 2.05) is 24.3 Å². The largest absolute Gasteiger partial charge is 0.497 e. The number of halogens is 1. The zero-order chi connectivity index (χ0) is 14.8. The van der Waals surface area contributed by atoms with E-state index in [-0.39, 0.29) is 0 Å². The van der Waals surface area contributed by atoms with Crippen molar-refractivity contribution < 1.29 is 4.74 Å². The first-order chi connectivity index (χ1) is 10.3. The molecule has 0 atom stereocenters. The minimum Gasteiger partial charge on any atom is -0.497 e. The highest BCUT2D eigenvalue weighted by atomic mass is 35.5. The standard InChI is InChI=1S/C17H17ClN2O/c1-3-12-6-4-5-7-15(12)20-16-9-8-13(21-2)10-14(16)19-17(20)11-18/h4-10H,3,11H2,1-2H3. The second-order valence-electron chi connectivity index (χ2n) is 4.83. The lowest BCUT2D eigenvalue weighted by molar-refractivity contribution is 0.415. The molecule has 3 aromatic rings. The Kier molecular flexibility index (Phi) is 3.84. The van der Waals surface area contributed by atoms with Crippen molar-refractivity contribution in [3.05, 3.63) is 53.9 Å². The van der Waals surface area contributed by atoms with E-state index in [4.69, 9.17) is 16.3 Å². The number of benzene rings is 2. The molecule has 0 radical (unpaired) electrons. The number of methoxy groups -OCH3 is 1. The number of aryl methyl sites for hydroxylation is 1. The fraction of sp³-hybridized carbons (Fsp3) is 0.235. The number of imidazole rings is 1. The van der Waals surface area contributed by atoms with Crippen LogP contribution in [0.15, 0.2) is 42.5 Å². The molecule has 1 heterocycles. The van der Waals surface area contributed by atoms with Gasteiger partial charge >= 0.3 is 0 Å². The van der Waals surface area contributed by atoms with Crippen LogP contribution in [0.1, 0.15) is 18.3 Å². The van der Waals surface area contributed by atoms with Gasteiger partial charge in [-0.2, -0.15) is 0 Å². The number of hydrogen-bond donors (Lipinski definition) is 0. The molecule has 0 bridgehead atoms. The molecule has 2 aromatic carbocycles. The first kappa shape index (κ1) is 14.0. The number of aromatic nitrogens is 2. The van der Waals surface area contributed by atoms with Crippen LogP contribution in [0, 0.1) is 0 Å². The topological polar surface area (TPSA) is 27.1 Å². The molecule has 0 saturated carbocycles. The number of rotatable bonds is 4. The number of ether oxygens (including phenoxy) is 1. The normalized spacial score (nSPS) is 11.0. The summed E-state index contributed by atoms with van der Waals surface area (Å²) in [5.41, 5.74) is 4.37. The van der Waals surface area contributed by atoms with Crippen LogP contribution < -0.4 is 4.74 Å². The van der Waals surface area contributed by atoms with Crippen molar-refractivity contribution >= 4 is 22.6 Å². The van der Waals surface area contributed by atoms with Gasteiger partial charge in [0.1, 0.15) is 11.6 Å². The van der Waals surface area contributed by atoms with E-state index >= 15 is 0 Å². The zero-order valence-corrected chi connectivity index (χ0v) is 12.9. The van der Waals surface area contributed by atoms with Crippen LogP contribution in [0.25, 0.3) is 16.7 Å². The monoisotopic (exact) mass is 300 g/mol. The molecule has 21 heavy (non-hydrogen) atoms. The molecule has 0 aliphatic heterocycles. The van der Waals surface area contributed by atoms with E-state index in [9.17, 15) is 0 Å². The Labute approximate surface area is 129 Å². The van der Waals surface area contributed by atoms with E-state index < -0.39 is 0 Å². The average Bonchev–Trinajstić information content (AvgIpc) is 2.91. The Hall–Kier alpha value is -2.00. The molecular formula is C17H17ClN2O. The molecule has 0 aliphatic carbocycles. The van der Waals surface area contributed by atoms with Crippen LogP contribution in [0.3, 0.4) is 0 Å². The summed E-state index contributed by atoms with van der Waals surface area (Å²) in [7, 11) is 1.66. The summed E-state index contributed by atoms with van der Waals surface area (Å²) in [4.78, 5) is 4.64. The van der Waals surface area contributed by atoms with E-state index in [0.717, 1.165) is 34.7 Å². The third-order valence-corrected chi connectivity index (χ3v) is 3.90. The van der Waals surface area contributed by atoms with Crippen LogP contribution in [-0.2, 0) is 12.3 Å². The lowest BCUT2D eigenvalue weighted by Crippen LogP contribution is -2.02. The molecule has 0 amide bonds. The van der Waals surface area contributed by atoms with Crippen LogP contribution in [0.5, 0.6) is 5.75 Å². The first-order valence-electron chi connectivity index (χ1n) is 6.98. The first-order valence-corrected chi connectivity index (χ1v) is 7.51. The third-order valence-electron chi connectivity index (χ3n) is 3.66. The lowest BCUT2D eigenvalue weighted by Gasteiger charge is -2.12. The van der Waals surface area contributed by atoms with Gasteiger partial charge in [0.15, 0.2) is 0 Å². The molecule has 4 heteroatoms. The Balaban J connectivity index is 2.30. The number of para-hydroxylation sites is 1. The van der Waals surface area contributed by atoms with Gasteiger partial charge in [-0.1, -0.05) is 25.1 Å². The van der Waals surface area contributed by atoms with Crippen molar-refractivity contribution in [1.29, 1.82) is 0 Å². The molecule has 3 nitrogen and oxygen atoms in total. The molecule has 0 fully saturated rings. The van der Waals surface area contributed by atoms with Gasteiger partial charge in [0.25, 0.3) is 0 Å². The molecule has 0 unspecified atom stereocenters. The summed E-state index contributed by atoms with van der Waals surface area (Å²) in [6.45, 7) is 2.15. The van der Waals surface area contributed by atoms with Crippen molar-refractivity contribution in [2.45, 2.75) is 19.2 Å². The maximum Gasteiger partial charge on any atom is 0.129 e. The van der Waals surface area contributed by atoms with Gasteiger partial charge in [-0.15, -0.1) is 11.6 Å². The predicted molar refractivity (Wildman–Crippen MR) is 86.6 cm³/mol. The van der Waals surface area contributed by atoms with E-state index in [1.165, 1.54) is 5.56 Å². The molecule has 0 saturated heterocycles. The Bertz CT molecular complexity index is 780. The summed E-state index contributed by atoms with van der Waals surface area (Å²) in [5.74, 6) is 2.02. The van der Waals surface area contributed by atoms with Gasteiger partial charge < -0.3 is 4.74 Å². The van der Waals surface area contributed by atoms with Crippen LogP contribution in [-0.4, -0.2) is 16.7 Å². The predicted octanol–water partition coefficient (Wildman–Crippen LogP) is 4.34. The maximum atomic E-state index is 6.11. The van der Waals surface area contributed by atoms with Crippen LogP contribution >= 0.6 is 11.6 Å². The van der Waals surface area contributed by atoms with Crippen molar-refractivity contribution in [2.75, 3.05) is 7.11 Å². The molecule has 3 rings (SSSR count). The summed E-state index contributed by atoms with van der Waals surface area (Å²) >= 11 is 6.11. The Morgan fingerprint density at radius 2 is 2.00 bits per heavy atom. The smallest absolute Gasteiger partial charge is 0.129 e. The second-order valence-corrected chi connectivity index (χ2v) is 5.10. The maximum absolute atomic E-state index is 6.11. The molecular weight excluding hydrogens is 284 g/mol. The van der Waals surface area contributed by atoms with Crippen LogP contribution in [0.4, 0.5) is 0 Å². The van der Waals surface area contributed by atoms with Gasteiger partial charge in [-0.25, -0.2) is 4.98 Å². The van der Waals surface area contributed by atoms with Crippen molar-refractivity contribution in [3.8, 4) is 11.4 Å². The molecule has 1 aromatic heterocycles. The molecule has 0 N–H and O–H groups in total. The zero-order valence-electron chi connectivity index (χ0n) is 12.1.